The fraction of sp³-hybridized carbons (Fsp3) is 0.800. The number of carbonyl (C=O) groups excluding carboxylic acids is 1. The van der Waals surface area contributed by atoms with Crippen LogP contribution >= 0.6 is 0 Å². The lowest BCUT2D eigenvalue weighted by molar-refractivity contribution is 0.173. The van der Waals surface area contributed by atoms with Crippen LogP contribution < -0.4 is 16.5 Å². The number of hydrazine groups is 1. The van der Waals surface area contributed by atoms with E-state index < -0.39 is 6.03 Å². The van der Waals surface area contributed by atoms with Gasteiger partial charge in [0.25, 0.3) is 0 Å². The molecule has 58 valence electrons. The Labute approximate surface area is 59.5 Å². The molecule has 4 N–H and O–H groups in total. The average Bonchev–Trinajstić information content (AvgIpc) is 2.15. The molecule has 0 spiro atoms. The summed E-state index contributed by atoms with van der Waals surface area (Å²) in [5, 5.41) is 4.90. The number of hydrogen-bond acceptors (Lipinski definition) is 3. The summed E-state index contributed by atoms with van der Waals surface area (Å²) in [6.45, 7) is 3.66. The zero-order valence-corrected chi connectivity index (χ0v) is 5.92. The van der Waals surface area contributed by atoms with Crippen LogP contribution in [-0.4, -0.2) is 30.3 Å². The molecule has 0 aromatic carbocycles. The zero-order valence-electron chi connectivity index (χ0n) is 5.92. The van der Waals surface area contributed by atoms with Crippen molar-refractivity contribution in [3.05, 3.63) is 0 Å². The molecular formula is C5H12N4O. The second kappa shape index (κ2) is 2.85. The quantitative estimate of drug-likeness (QED) is 0.434. The predicted octanol–water partition coefficient (Wildman–Crippen LogP) is -1.18. The standard InChI is InChI=1S/C5H12N4O/c1-4-7-2-3-9(4)8-5(6)10/h4,7H,2-3H2,1H3,(H3,6,8,10). The van der Waals surface area contributed by atoms with Gasteiger partial charge in [-0.2, -0.15) is 0 Å². The maximum absolute atomic E-state index is 10.3. The molecule has 1 atom stereocenters. The smallest absolute Gasteiger partial charge is 0.326 e. The monoisotopic (exact) mass is 144 g/mol. The summed E-state index contributed by atoms with van der Waals surface area (Å²) in [6.07, 6.45) is 0.187. The van der Waals surface area contributed by atoms with Crippen LogP contribution in [0.3, 0.4) is 0 Å². The van der Waals surface area contributed by atoms with E-state index in [-0.39, 0.29) is 6.17 Å². The van der Waals surface area contributed by atoms with Gasteiger partial charge in [0.05, 0.1) is 6.17 Å². The van der Waals surface area contributed by atoms with Gasteiger partial charge in [-0.15, -0.1) is 0 Å². The molecule has 0 aromatic rings. The topological polar surface area (TPSA) is 70.4 Å². The van der Waals surface area contributed by atoms with Crippen molar-refractivity contribution in [2.45, 2.75) is 13.1 Å². The SMILES string of the molecule is CC1NCCN1NC(N)=O. The van der Waals surface area contributed by atoms with E-state index in [0.717, 1.165) is 13.1 Å². The molecule has 10 heavy (non-hydrogen) atoms. The van der Waals surface area contributed by atoms with E-state index in [1.54, 1.807) is 5.01 Å². The van der Waals surface area contributed by atoms with Gasteiger partial charge in [-0.3, -0.25) is 10.7 Å². The van der Waals surface area contributed by atoms with Gasteiger partial charge < -0.3 is 5.73 Å². The van der Waals surface area contributed by atoms with E-state index in [1.807, 2.05) is 6.92 Å². The average molecular weight is 144 g/mol. The third-order valence-corrected chi connectivity index (χ3v) is 1.51. The van der Waals surface area contributed by atoms with Gasteiger partial charge in [0.2, 0.25) is 0 Å². The van der Waals surface area contributed by atoms with Gasteiger partial charge in [0, 0.05) is 13.1 Å². The lowest BCUT2D eigenvalue weighted by Gasteiger charge is -2.19. The number of nitrogens with one attached hydrogen (secondary N) is 2. The molecule has 1 unspecified atom stereocenters. The van der Waals surface area contributed by atoms with E-state index in [0.29, 0.717) is 0 Å². The van der Waals surface area contributed by atoms with Crippen molar-refractivity contribution in [3.8, 4) is 0 Å². The van der Waals surface area contributed by atoms with Crippen LogP contribution in [0.5, 0.6) is 0 Å². The van der Waals surface area contributed by atoms with Crippen LogP contribution in [0.4, 0.5) is 4.79 Å². The molecule has 1 aliphatic rings. The first-order chi connectivity index (χ1) is 4.70. The zero-order chi connectivity index (χ0) is 7.56. The van der Waals surface area contributed by atoms with Gasteiger partial charge >= 0.3 is 6.03 Å². The Balaban J connectivity index is 2.33. The lowest BCUT2D eigenvalue weighted by Crippen LogP contribution is -2.48. The van der Waals surface area contributed by atoms with Crippen LogP contribution in [0.1, 0.15) is 6.92 Å². The number of carbonyl (C=O) groups is 1. The van der Waals surface area contributed by atoms with E-state index in [2.05, 4.69) is 10.7 Å². The Morgan fingerprint density at radius 3 is 3.00 bits per heavy atom. The molecule has 0 radical (unpaired) electrons. The molecule has 0 aliphatic carbocycles. The van der Waals surface area contributed by atoms with E-state index in [1.165, 1.54) is 0 Å². The number of urea groups is 1. The maximum Gasteiger partial charge on any atom is 0.326 e. The van der Waals surface area contributed by atoms with E-state index >= 15 is 0 Å². The van der Waals surface area contributed by atoms with E-state index in [9.17, 15) is 4.79 Å². The Hall–Kier alpha value is -0.810. The van der Waals surface area contributed by atoms with Crippen molar-refractivity contribution in [2.75, 3.05) is 13.1 Å². The highest BCUT2D eigenvalue weighted by molar-refractivity contribution is 5.71. The van der Waals surface area contributed by atoms with E-state index in [4.69, 9.17) is 5.73 Å². The number of hydrogen-bond donors (Lipinski definition) is 3. The van der Waals surface area contributed by atoms with Crippen LogP contribution in [-0.2, 0) is 0 Å². The van der Waals surface area contributed by atoms with Crippen molar-refractivity contribution in [1.82, 2.24) is 15.8 Å². The molecule has 5 heteroatoms. The number of nitrogens with two attached hydrogens (primary N) is 1. The summed E-state index contributed by atoms with van der Waals surface area (Å²) in [5.74, 6) is 0. The third-order valence-electron chi connectivity index (χ3n) is 1.51. The normalized spacial score (nSPS) is 26.7. The molecule has 1 aliphatic heterocycles. The Bertz CT molecular complexity index is 138. The summed E-state index contributed by atoms with van der Waals surface area (Å²) >= 11 is 0. The first-order valence-corrected chi connectivity index (χ1v) is 3.26. The summed E-state index contributed by atoms with van der Waals surface area (Å²) in [7, 11) is 0. The number of amides is 2. The Kier molecular flexibility index (Phi) is 2.08. The van der Waals surface area contributed by atoms with Gasteiger partial charge in [-0.05, 0) is 6.92 Å². The maximum atomic E-state index is 10.3. The van der Waals surface area contributed by atoms with Crippen LogP contribution in [0.15, 0.2) is 0 Å². The molecular weight excluding hydrogens is 132 g/mol. The minimum Gasteiger partial charge on any atom is -0.351 e. The highest BCUT2D eigenvalue weighted by Crippen LogP contribution is 1.96. The molecule has 0 aromatic heterocycles. The molecule has 5 nitrogen and oxygen atoms in total. The minimum absolute atomic E-state index is 0.187. The highest BCUT2D eigenvalue weighted by atomic mass is 16.2. The first kappa shape index (κ1) is 7.30. The predicted molar refractivity (Wildman–Crippen MR) is 36.9 cm³/mol. The molecule has 2 amide bonds. The molecule has 0 bridgehead atoms. The fourth-order valence-corrected chi connectivity index (χ4v) is 0.992. The molecule has 1 heterocycles. The van der Waals surface area contributed by atoms with Crippen molar-refractivity contribution in [2.24, 2.45) is 5.73 Å². The summed E-state index contributed by atoms with van der Waals surface area (Å²) in [5.41, 5.74) is 7.42. The first-order valence-electron chi connectivity index (χ1n) is 3.26. The Morgan fingerprint density at radius 2 is 2.60 bits per heavy atom. The molecule has 0 saturated carbocycles. The van der Waals surface area contributed by atoms with Gasteiger partial charge in [-0.25, -0.2) is 9.80 Å². The number of nitrogens with zero attached hydrogens (tertiary/aromatic N) is 1. The lowest BCUT2D eigenvalue weighted by atomic mass is 10.6. The van der Waals surface area contributed by atoms with Crippen LogP contribution in [0.25, 0.3) is 0 Å². The van der Waals surface area contributed by atoms with Crippen LogP contribution in [0.2, 0.25) is 0 Å². The summed E-state index contributed by atoms with van der Waals surface area (Å²) < 4.78 is 0. The number of rotatable bonds is 1. The van der Waals surface area contributed by atoms with Gasteiger partial charge in [0.1, 0.15) is 0 Å². The fourth-order valence-electron chi connectivity index (χ4n) is 0.992. The Morgan fingerprint density at radius 1 is 1.90 bits per heavy atom. The molecule has 1 fully saturated rings. The van der Waals surface area contributed by atoms with Crippen LogP contribution in [0, 0.1) is 0 Å². The second-order valence-corrected chi connectivity index (χ2v) is 2.30. The van der Waals surface area contributed by atoms with Crippen molar-refractivity contribution in [1.29, 1.82) is 0 Å². The molecule has 1 rings (SSSR count). The van der Waals surface area contributed by atoms with Crippen molar-refractivity contribution >= 4 is 6.03 Å². The van der Waals surface area contributed by atoms with Crippen molar-refractivity contribution < 1.29 is 4.79 Å². The van der Waals surface area contributed by atoms with Gasteiger partial charge in [0.15, 0.2) is 0 Å². The summed E-state index contributed by atoms with van der Waals surface area (Å²) in [6, 6.07) is -0.504. The number of primary amides is 1. The van der Waals surface area contributed by atoms with Gasteiger partial charge in [-0.1, -0.05) is 0 Å². The minimum atomic E-state index is -0.504. The largest absolute Gasteiger partial charge is 0.351 e. The second-order valence-electron chi connectivity index (χ2n) is 2.30. The third kappa shape index (κ3) is 1.58. The highest BCUT2D eigenvalue weighted by Gasteiger charge is 2.19. The summed E-state index contributed by atoms with van der Waals surface area (Å²) in [4.78, 5) is 10.3. The van der Waals surface area contributed by atoms with Crippen molar-refractivity contribution in [3.63, 3.8) is 0 Å². The molecule has 1 saturated heterocycles.